The molecule has 0 saturated carbocycles. The Kier molecular flexibility index (Phi) is 6.40. The molecule has 0 N–H and O–H groups in total. The van der Waals surface area contributed by atoms with Crippen molar-refractivity contribution in [3.8, 4) is 28.7 Å². The number of ketones is 1. The van der Waals surface area contributed by atoms with E-state index in [0.29, 0.717) is 47.4 Å². The summed E-state index contributed by atoms with van der Waals surface area (Å²) in [5.41, 5.74) is 3.04. The normalized spacial score (nSPS) is 15.9. The SMILES string of the molecule is COc1cc(/C=C2\Oc3c4c(cc(C)c3C2=O)OCN(CCc2cccs2)C4)cc(OC)c1OC. The highest BCUT2D eigenvalue weighted by Gasteiger charge is 2.35. The number of Topliss-reactive ketones (excluding diaryl/α,β-unsaturated/α-hetero) is 1. The van der Waals surface area contributed by atoms with E-state index in [9.17, 15) is 4.79 Å². The number of hydrogen-bond donors (Lipinski definition) is 0. The third-order valence-corrected chi connectivity index (χ3v) is 7.16. The first-order chi connectivity index (χ1) is 17.0. The molecule has 0 fully saturated rings. The van der Waals surface area contributed by atoms with E-state index >= 15 is 0 Å². The highest BCUT2D eigenvalue weighted by atomic mass is 32.1. The summed E-state index contributed by atoms with van der Waals surface area (Å²) >= 11 is 1.76. The summed E-state index contributed by atoms with van der Waals surface area (Å²) in [5.74, 6) is 2.96. The molecule has 35 heavy (non-hydrogen) atoms. The lowest BCUT2D eigenvalue weighted by molar-refractivity contribution is 0.0951. The Hall–Kier alpha value is -3.49. The summed E-state index contributed by atoms with van der Waals surface area (Å²) in [6.07, 6.45) is 2.66. The summed E-state index contributed by atoms with van der Waals surface area (Å²) < 4.78 is 28.5. The van der Waals surface area contributed by atoms with Crippen molar-refractivity contribution in [2.45, 2.75) is 19.9 Å². The molecule has 3 aromatic rings. The minimum Gasteiger partial charge on any atom is -0.493 e. The zero-order chi connectivity index (χ0) is 24.5. The van der Waals surface area contributed by atoms with Gasteiger partial charge in [0, 0.05) is 18.0 Å². The van der Waals surface area contributed by atoms with Crippen molar-refractivity contribution in [1.82, 2.24) is 4.90 Å². The average Bonchev–Trinajstić information content (AvgIpc) is 3.51. The fourth-order valence-corrected chi connectivity index (χ4v) is 5.18. The number of benzene rings is 2. The molecule has 0 atom stereocenters. The number of carbonyl (C=O) groups is 1. The Morgan fingerprint density at radius 3 is 2.54 bits per heavy atom. The van der Waals surface area contributed by atoms with Gasteiger partial charge in [0.25, 0.3) is 0 Å². The van der Waals surface area contributed by atoms with E-state index in [1.165, 1.54) is 4.88 Å². The summed E-state index contributed by atoms with van der Waals surface area (Å²) in [6.45, 7) is 3.95. The van der Waals surface area contributed by atoms with Gasteiger partial charge in [-0.2, -0.15) is 0 Å². The molecular formula is C27H27NO6S. The lowest BCUT2D eigenvalue weighted by Crippen LogP contribution is -2.33. The molecule has 0 saturated heterocycles. The van der Waals surface area contributed by atoms with Crippen molar-refractivity contribution in [2.75, 3.05) is 34.6 Å². The Labute approximate surface area is 208 Å². The van der Waals surface area contributed by atoms with Gasteiger partial charge in [0.1, 0.15) is 18.2 Å². The number of rotatable bonds is 7. The molecule has 0 spiro atoms. The third-order valence-electron chi connectivity index (χ3n) is 6.23. The molecule has 3 heterocycles. The minimum atomic E-state index is -0.148. The maximum atomic E-state index is 13.4. The van der Waals surface area contributed by atoms with E-state index < -0.39 is 0 Å². The van der Waals surface area contributed by atoms with Crippen LogP contribution in [0, 0.1) is 6.92 Å². The van der Waals surface area contributed by atoms with Gasteiger partial charge in [-0.05, 0) is 60.2 Å². The number of aryl methyl sites for hydroxylation is 1. The first-order valence-electron chi connectivity index (χ1n) is 11.3. The topological polar surface area (TPSA) is 66.5 Å². The zero-order valence-electron chi connectivity index (χ0n) is 20.2. The fourth-order valence-electron chi connectivity index (χ4n) is 4.48. The minimum absolute atomic E-state index is 0.148. The lowest BCUT2D eigenvalue weighted by atomic mass is 9.98. The third kappa shape index (κ3) is 4.35. The number of methoxy groups -OCH3 is 3. The molecule has 5 rings (SSSR count). The van der Waals surface area contributed by atoms with Crippen LogP contribution >= 0.6 is 11.3 Å². The molecule has 8 heteroatoms. The van der Waals surface area contributed by atoms with Crippen molar-refractivity contribution in [3.05, 3.63) is 68.6 Å². The largest absolute Gasteiger partial charge is 0.493 e. The van der Waals surface area contributed by atoms with Crippen molar-refractivity contribution in [2.24, 2.45) is 0 Å². The van der Waals surface area contributed by atoms with Gasteiger partial charge in [0.05, 0.1) is 32.5 Å². The van der Waals surface area contributed by atoms with Crippen LogP contribution in [-0.2, 0) is 13.0 Å². The number of hydrogen-bond acceptors (Lipinski definition) is 8. The number of nitrogens with zero attached hydrogens (tertiary/aromatic N) is 1. The molecule has 0 bridgehead atoms. The maximum absolute atomic E-state index is 13.4. The summed E-state index contributed by atoms with van der Waals surface area (Å²) in [5, 5.41) is 2.09. The number of ether oxygens (including phenoxy) is 5. The molecule has 1 aromatic heterocycles. The Balaban J connectivity index is 1.45. The van der Waals surface area contributed by atoms with Crippen LogP contribution in [0.5, 0.6) is 28.7 Å². The maximum Gasteiger partial charge on any atom is 0.232 e. The predicted molar refractivity (Wildman–Crippen MR) is 134 cm³/mol. The van der Waals surface area contributed by atoms with E-state index in [0.717, 1.165) is 29.8 Å². The van der Waals surface area contributed by atoms with Crippen LogP contribution < -0.4 is 23.7 Å². The zero-order valence-corrected chi connectivity index (χ0v) is 21.0. The first kappa shape index (κ1) is 23.3. The monoisotopic (exact) mass is 493 g/mol. The van der Waals surface area contributed by atoms with Gasteiger partial charge in [-0.3, -0.25) is 9.69 Å². The van der Waals surface area contributed by atoms with Gasteiger partial charge in [0.15, 0.2) is 17.3 Å². The van der Waals surface area contributed by atoms with Crippen molar-refractivity contribution in [1.29, 1.82) is 0 Å². The molecule has 0 amide bonds. The Bertz CT molecular complexity index is 1270. The highest BCUT2D eigenvalue weighted by Crippen LogP contribution is 2.45. The summed E-state index contributed by atoms with van der Waals surface area (Å²) in [6, 6.07) is 9.72. The second-order valence-corrected chi connectivity index (χ2v) is 9.46. The second-order valence-electron chi connectivity index (χ2n) is 8.43. The standard InChI is InChI=1S/C27H27NO6S/c1-16-10-20-19(14-28(15-33-20)8-7-18-6-5-9-35-18)26-24(16)25(29)21(34-26)11-17-12-22(30-2)27(32-4)23(13-17)31-3/h5-6,9-13H,7-8,14-15H2,1-4H3/b21-11-. The molecular weight excluding hydrogens is 466 g/mol. The van der Waals surface area contributed by atoms with Crippen molar-refractivity contribution < 1.29 is 28.5 Å². The van der Waals surface area contributed by atoms with Gasteiger partial charge in [-0.1, -0.05) is 6.07 Å². The Morgan fingerprint density at radius 2 is 1.89 bits per heavy atom. The molecule has 0 aliphatic carbocycles. The van der Waals surface area contributed by atoms with E-state index in [2.05, 4.69) is 22.4 Å². The smallest absolute Gasteiger partial charge is 0.232 e. The lowest BCUT2D eigenvalue weighted by Gasteiger charge is -2.30. The quantitative estimate of drug-likeness (QED) is 0.425. The van der Waals surface area contributed by atoms with Crippen LogP contribution in [0.25, 0.3) is 6.08 Å². The van der Waals surface area contributed by atoms with Crippen LogP contribution in [0.3, 0.4) is 0 Å². The fraction of sp³-hybridized carbons (Fsp3) is 0.296. The van der Waals surface area contributed by atoms with Crippen molar-refractivity contribution in [3.63, 3.8) is 0 Å². The van der Waals surface area contributed by atoms with E-state index in [1.54, 1.807) is 50.9 Å². The van der Waals surface area contributed by atoms with Crippen LogP contribution in [-0.4, -0.2) is 45.3 Å². The van der Waals surface area contributed by atoms with Crippen LogP contribution in [0.15, 0.2) is 41.5 Å². The molecule has 7 nitrogen and oxygen atoms in total. The van der Waals surface area contributed by atoms with Gasteiger partial charge >= 0.3 is 0 Å². The summed E-state index contributed by atoms with van der Waals surface area (Å²) in [4.78, 5) is 16.9. The van der Waals surface area contributed by atoms with E-state index in [-0.39, 0.29) is 11.5 Å². The Morgan fingerprint density at radius 1 is 1.11 bits per heavy atom. The molecule has 2 aromatic carbocycles. The number of thiophene rings is 1. The first-order valence-corrected chi connectivity index (χ1v) is 12.2. The van der Waals surface area contributed by atoms with Gasteiger partial charge in [0.2, 0.25) is 11.5 Å². The van der Waals surface area contributed by atoms with Crippen LogP contribution in [0.2, 0.25) is 0 Å². The highest BCUT2D eigenvalue weighted by molar-refractivity contribution is 7.09. The number of carbonyl (C=O) groups excluding carboxylic acids is 1. The molecule has 0 unspecified atom stereocenters. The molecule has 2 aliphatic rings. The van der Waals surface area contributed by atoms with Gasteiger partial charge < -0.3 is 23.7 Å². The van der Waals surface area contributed by atoms with Gasteiger partial charge in [-0.15, -0.1) is 11.3 Å². The van der Waals surface area contributed by atoms with E-state index in [1.807, 2.05) is 13.0 Å². The average molecular weight is 494 g/mol. The summed E-state index contributed by atoms with van der Waals surface area (Å²) in [7, 11) is 4.67. The predicted octanol–water partition coefficient (Wildman–Crippen LogP) is 5.09. The van der Waals surface area contributed by atoms with E-state index in [4.69, 9.17) is 23.7 Å². The molecule has 182 valence electrons. The molecule has 0 radical (unpaired) electrons. The van der Waals surface area contributed by atoms with Crippen LogP contribution in [0.4, 0.5) is 0 Å². The molecule has 2 aliphatic heterocycles. The second kappa shape index (κ2) is 9.64. The van der Waals surface area contributed by atoms with Crippen LogP contribution in [0.1, 0.15) is 31.9 Å². The number of allylic oxidation sites excluding steroid dienone is 1. The number of fused-ring (bicyclic) bond motifs is 3. The van der Waals surface area contributed by atoms with Gasteiger partial charge in [-0.25, -0.2) is 0 Å². The van der Waals surface area contributed by atoms with Crippen molar-refractivity contribution >= 4 is 23.2 Å².